The lowest BCUT2D eigenvalue weighted by molar-refractivity contribution is -0.135. The van der Waals surface area contributed by atoms with Crippen molar-refractivity contribution in [2.24, 2.45) is 0 Å². The van der Waals surface area contributed by atoms with E-state index in [-0.39, 0.29) is 12.0 Å². The van der Waals surface area contributed by atoms with Gasteiger partial charge in [0.15, 0.2) is 0 Å². The number of hydrogen-bond donors (Lipinski definition) is 1. The molecule has 0 aromatic heterocycles. The summed E-state index contributed by atoms with van der Waals surface area (Å²) in [5.41, 5.74) is 0. The molecule has 0 bridgehead atoms. The number of nitrogens with zero attached hydrogens (tertiary/aromatic N) is 1. The highest BCUT2D eigenvalue weighted by Gasteiger charge is 2.21. The minimum absolute atomic E-state index is 0.0476. The lowest BCUT2D eigenvalue weighted by atomic mass is 10.1. The number of morpholine rings is 1. The summed E-state index contributed by atoms with van der Waals surface area (Å²) in [7, 11) is 1.89. The van der Waals surface area contributed by atoms with Crippen molar-refractivity contribution in [3.8, 4) is 0 Å². The zero-order valence-corrected chi connectivity index (χ0v) is 11.9. The fourth-order valence-electron chi connectivity index (χ4n) is 1.82. The average Bonchev–Trinajstić information content (AvgIpc) is 2.36. The van der Waals surface area contributed by atoms with Crippen molar-refractivity contribution in [3.05, 3.63) is 0 Å². The van der Waals surface area contributed by atoms with Gasteiger partial charge in [-0.05, 0) is 25.4 Å². The molecule has 100 valence electrons. The van der Waals surface area contributed by atoms with Crippen LogP contribution < -0.4 is 5.32 Å². The van der Waals surface area contributed by atoms with E-state index in [1.54, 1.807) is 0 Å². The van der Waals surface area contributed by atoms with Crippen LogP contribution in [0.4, 0.5) is 0 Å². The van der Waals surface area contributed by atoms with Crippen LogP contribution >= 0.6 is 11.8 Å². The van der Waals surface area contributed by atoms with Gasteiger partial charge in [0, 0.05) is 26.2 Å². The van der Waals surface area contributed by atoms with Gasteiger partial charge < -0.3 is 15.0 Å². The summed E-state index contributed by atoms with van der Waals surface area (Å²) >= 11 is 1.82. The zero-order valence-electron chi connectivity index (χ0n) is 11.1. The normalized spacial score (nSPS) is 22.2. The van der Waals surface area contributed by atoms with E-state index in [4.69, 9.17) is 4.74 Å². The minimum Gasteiger partial charge on any atom is -0.375 e. The predicted molar refractivity (Wildman–Crippen MR) is 72.5 cm³/mol. The molecule has 0 aliphatic carbocycles. The van der Waals surface area contributed by atoms with Gasteiger partial charge in [-0.15, -0.1) is 0 Å². The quantitative estimate of drug-likeness (QED) is 0.772. The van der Waals surface area contributed by atoms with Crippen LogP contribution in [0.25, 0.3) is 0 Å². The van der Waals surface area contributed by atoms with Crippen LogP contribution in [0.1, 0.15) is 19.8 Å². The van der Waals surface area contributed by atoms with Crippen molar-refractivity contribution in [3.63, 3.8) is 0 Å². The van der Waals surface area contributed by atoms with Crippen molar-refractivity contribution in [2.45, 2.75) is 31.9 Å². The van der Waals surface area contributed by atoms with E-state index in [1.807, 2.05) is 23.7 Å². The van der Waals surface area contributed by atoms with Gasteiger partial charge >= 0.3 is 0 Å². The SMILES string of the molecule is CSCCC(C)N(C)C(=O)CC1CNCCO1. The maximum Gasteiger partial charge on any atom is 0.225 e. The van der Waals surface area contributed by atoms with Gasteiger partial charge in [0.2, 0.25) is 5.91 Å². The average molecular weight is 260 g/mol. The zero-order chi connectivity index (χ0) is 12.7. The van der Waals surface area contributed by atoms with Crippen molar-refractivity contribution in [1.29, 1.82) is 0 Å². The molecule has 1 heterocycles. The first-order valence-electron chi connectivity index (χ1n) is 6.22. The summed E-state index contributed by atoms with van der Waals surface area (Å²) in [4.78, 5) is 13.9. The van der Waals surface area contributed by atoms with Gasteiger partial charge in [-0.3, -0.25) is 4.79 Å². The highest BCUT2D eigenvalue weighted by atomic mass is 32.2. The van der Waals surface area contributed by atoms with Crippen molar-refractivity contribution < 1.29 is 9.53 Å². The number of hydrogen-bond acceptors (Lipinski definition) is 4. The molecule has 1 saturated heterocycles. The molecule has 1 fully saturated rings. The summed E-state index contributed by atoms with van der Waals surface area (Å²) in [6, 6.07) is 0.312. The molecule has 1 aliphatic heterocycles. The van der Waals surface area contributed by atoms with Gasteiger partial charge in [-0.2, -0.15) is 11.8 Å². The summed E-state index contributed by atoms with van der Waals surface area (Å²) < 4.78 is 5.55. The van der Waals surface area contributed by atoms with E-state index in [2.05, 4.69) is 18.5 Å². The second kappa shape index (κ2) is 7.95. The van der Waals surface area contributed by atoms with Crippen LogP contribution in [0, 0.1) is 0 Å². The summed E-state index contributed by atoms with van der Waals surface area (Å²) in [6.07, 6.45) is 3.68. The smallest absolute Gasteiger partial charge is 0.225 e. The Morgan fingerprint density at radius 1 is 1.65 bits per heavy atom. The Bertz CT molecular complexity index is 233. The summed E-state index contributed by atoms with van der Waals surface area (Å²) in [5, 5.41) is 3.24. The molecule has 0 saturated carbocycles. The maximum absolute atomic E-state index is 12.0. The lowest BCUT2D eigenvalue weighted by Gasteiger charge is -2.28. The number of nitrogens with one attached hydrogen (secondary N) is 1. The predicted octanol–water partition coefficient (Wildman–Crippen LogP) is 0.965. The van der Waals surface area contributed by atoms with E-state index in [0.29, 0.717) is 19.1 Å². The van der Waals surface area contributed by atoms with Crippen LogP contribution in [-0.4, -0.2) is 61.7 Å². The van der Waals surface area contributed by atoms with E-state index in [0.717, 1.165) is 25.3 Å². The van der Waals surface area contributed by atoms with E-state index >= 15 is 0 Å². The Balaban J connectivity index is 2.29. The number of rotatable bonds is 6. The Labute approximate surface area is 108 Å². The molecule has 0 spiro atoms. The molecule has 0 radical (unpaired) electrons. The van der Waals surface area contributed by atoms with Gasteiger partial charge in [0.25, 0.3) is 0 Å². The van der Waals surface area contributed by atoms with Crippen LogP contribution in [0.3, 0.4) is 0 Å². The van der Waals surface area contributed by atoms with Crippen LogP contribution in [0.5, 0.6) is 0 Å². The molecule has 1 amide bonds. The molecule has 2 unspecified atom stereocenters. The third-order valence-corrected chi connectivity index (χ3v) is 3.84. The Morgan fingerprint density at radius 3 is 3.00 bits per heavy atom. The summed E-state index contributed by atoms with van der Waals surface area (Å²) in [6.45, 7) is 4.50. The monoisotopic (exact) mass is 260 g/mol. The van der Waals surface area contributed by atoms with Crippen LogP contribution in [-0.2, 0) is 9.53 Å². The third-order valence-electron chi connectivity index (χ3n) is 3.20. The Morgan fingerprint density at radius 2 is 2.41 bits per heavy atom. The number of carbonyl (C=O) groups excluding carboxylic acids is 1. The molecule has 2 atom stereocenters. The second-order valence-corrected chi connectivity index (χ2v) is 5.52. The fourth-order valence-corrected chi connectivity index (χ4v) is 2.39. The Hall–Kier alpha value is -0.260. The first kappa shape index (κ1) is 14.8. The van der Waals surface area contributed by atoms with Gasteiger partial charge in [0.05, 0.1) is 19.1 Å². The largest absolute Gasteiger partial charge is 0.375 e. The third kappa shape index (κ3) is 5.27. The van der Waals surface area contributed by atoms with Crippen LogP contribution in [0.15, 0.2) is 0 Å². The first-order valence-corrected chi connectivity index (χ1v) is 7.61. The molecule has 1 N–H and O–H groups in total. The minimum atomic E-state index is 0.0476. The standard InChI is InChI=1S/C12H24N2O2S/c1-10(4-7-17-3)14(2)12(15)8-11-9-13-5-6-16-11/h10-11,13H,4-9H2,1-3H3. The van der Waals surface area contributed by atoms with Crippen molar-refractivity contribution in [1.82, 2.24) is 10.2 Å². The lowest BCUT2D eigenvalue weighted by Crippen LogP contribution is -2.43. The Kier molecular flexibility index (Phi) is 6.92. The molecule has 0 aromatic rings. The first-order chi connectivity index (χ1) is 8.15. The highest BCUT2D eigenvalue weighted by Crippen LogP contribution is 2.10. The molecule has 5 heteroatoms. The van der Waals surface area contributed by atoms with E-state index in [1.165, 1.54) is 0 Å². The molecule has 4 nitrogen and oxygen atoms in total. The van der Waals surface area contributed by atoms with Gasteiger partial charge in [-0.25, -0.2) is 0 Å². The maximum atomic E-state index is 12.0. The topological polar surface area (TPSA) is 41.6 Å². The van der Waals surface area contributed by atoms with Gasteiger partial charge in [0.1, 0.15) is 0 Å². The van der Waals surface area contributed by atoms with E-state index in [9.17, 15) is 4.79 Å². The van der Waals surface area contributed by atoms with Crippen molar-refractivity contribution >= 4 is 17.7 Å². The molecular formula is C12H24N2O2S. The number of amides is 1. The fraction of sp³-hybridized carbons (Fsp3) is 0.917. The highest BCUT2D eigenvalue weighted by molar-refractivity contribution is 7.98. The van der Waals surface area contributed by atoms with Crippen molar-refractivity contribution in [2.75, 3.05) is 38.8 Å². The number of thioether (sulfide) groups is 1. The second-order valence-electron chi connectivity index (χ2n) is 4.54. The van der Waals surface area contributed by atoms with Gasteiger partial charge in [-0.1, -0.05) is 0 Å². The number of carbonyl (C=O) groups is 1. The van der Waals surface area contributed by atoms with Crippen LogP contribution in [0.2, 0.25) is 0 Å². The molecular weight excluding hydrogens is 236 g/mol. The molecule has 0 aromatic carbocycles. The van der Waals surface area contributed by atoms with E-state index < -0.39 is 0 Å². The number of ether oxygens (including phenoxy) is 1. The summed E-state index contributed by atoms with van der Waals surface area (Å²) in [5.74, 6) is 1.28. The molecule has 1 rings (SSSR count). The molecule has 17 heavy (non-hydrogen) atoms. The molecule has 1 aliphatic rings.